The minimum absolute atomic E-state index is 0.00796. The molecular formula is C19H26N4O3. The van der Waals surface area contributed by atoms with Gasteiger partial charge >= 0.3 is 0 Å². The number of aliphatic hydroxyl groups is 1. The second-order valence-corrected chi connectivity index (χ2v) is 7.15. The zero-order chi connectivity index (χ0) is 18.8. The molecule has 0 bridgehead atoms. The van der Waals surface area contributed by atoms with Crippen molar-refractivity contribution in [2.75, 3.05) is 26.8 Å². The first kappa shape index (κ1) is 18.4. The van der Waals surface area contributed by atoms with Gasteiger partial charge in [0.15, 0.2) is 0 Å². The van der Waals surface area contributed by atoms with E-state index in [4.69, 9.17) is 4.74 Å². The van der Waals surface area contributed by atoms with Crippen molar-refractivity contribution in [3.8, 4) is 5.88 Å². The van der Waals surface area contributed by atoms with Crippen LogP contribution < -0.4 is 4.74 Å². The fourth-order valence-corrected chi connectivity index (χ4v) is 3.48. The Morgan fingerprint density at radius 3 is 2.77 bits per heavy atom. The number of hydrogen-bond acceptors (Lipinski definition) is 5. The number of methoxy groups -OCH3 is 1. The van der Waals surface area contributed by atoms with Gasteiger partial charge in [-0.05, 0) is 32.4 Å². The van der Waals surface area contributed by atoms with E-state index in [0.29, 0.717) is 24.5 Å². The van der Waals surface area contributed by atoms with E-state index in [1.54, 1.807) is 17.0 Å². The smallest absolute Gasteiger partial charge is 0.254 e. The molecule has 1 saturated heterocycles. The summed E-state index contributed by atoms with van der Waals surface area (Å²) in [6.45, 7) is 7.12. The van der Waals surface area contributed by atoms with Gasteiger partial charge in [-0.1, -0.05) is 0 Å². The third-order valence-corrected chi connectivity index (χ3v) is 4.93. The highest BCUT2D eigenvalue weighted by Crippen LogP contribution is 2.33. The predicted octanol–water partition coefficient (Wildman–Crippen LogP) is 2.02. The molecular weight excluding hydrogens is 332 g/mol. The van der Waals surface area contributed by atoms with E-state index in [1.165, 1.54) is 7.11 Å². The summed E-state index contributed by atoms with van der Waals surface area (Å²) in [5, 5.41) is 14.2. The lowest BCUT2D eigenvalue weighted by Crippen LogP contribution is -2.29. The maximum Gasteiger partial charge on any atom is 0.254 e. The quantitative estimate of drug-likeness (QED) is 0.884. The Bertz CT molecular complexity index is 787. The van der Waals surface area contributed by atoms with Crippen LogP contribution in [0.1, 0.15) is 47.4 Å². The Morgan fingerprint density at radius 1 is 1.38 bits per heavy atom. The molecule has 3 heterocycles. The van der Waals surface area contributed by atoms with Crippen molar-refractivity contribution in [2.45, 2.75) is 32.7 Å². The third kappa shape index (κ3) is 3.58. The molecule has 0 saturated carbocycles. The molecule has 1 amide bonds. The van der Waals surface area contributed by atoms with Crippen LogP contribution in [-0.4, -0.2) is 57.5 Å². The summed E-state index contributed by atoms with van der Waals surface area (Å²) < 4.78 is 7.08. The zero-order valence-corrected chi connectivity index (χ0v) is 15.7. The number of aliphatic hydroxyl groups excluding tert-OH is 1. The van der Waals surface area contributed by atoms with Crippen LogP contribution in [0.4, 0.5) is 0 Å². The number of amides is 1. The van der Waals surface area contributed by atoms with Crippen molar-refractivity contribution in [1.82, 2.24) is 19.7 Å². The summed E-state index contributed by atoms with van der Waals surface area (Å²) in [5.74, 6) is 0.460. The summed E-state index contributed by atoms with van der Waals surface area (Å²) in [7, 11) is 1.54. The molecule has 1 fully saturated rings. The van der Waals surface area contributed by atoms with Gasteiger partial charge in [-0.2, -0.15) is 5.10 Å². The summed E-state index contributed by atoms with van der Waals surface area (Å²) in [6.07, 6.45) is 3.87. The van der Waals surface area contributed by atoms with Gasteiger partial charge in [0.1, 0.15) is 0 Å². The van der Waals surface area contributed by atoms with Crippen molar-refractivity contribution >= 4 is 5.91 Å². The lowest BCUT2D eigenvalue weighted by Gasteiger charge is -2.17. The SMILES string of the molecule is COc1cc(C(=O)N2C[C@@H](CO)[C@H](c3cnn(C(C)C)c3)C2)cc(C)n1. The average Bonchev–Trinajstić information content (AvgIpc) is 3.27. The first-order valence-electron chi connectivity index (χ1n) is 8.89. The molecule has 26 heavy (non-hydrogen) atoms. The number of rotatable bonds is 5. The molecule has 2 atom stereocenters. The van der Waals surface area contributed by atoms with Crippen molar-refractivity contribution in [3.63, 3.8) is 0 Å². The highest BCUT2D eigenvalue weighted by molar-refractivity contribution is 5.94. The molecule has 0 spiro atoms. The van der Waals surface area contributed by atoms with Gasteiger partial charge in [0, 0.05) is 61.1 Å². The van der Waals surface area contributed by atoms with E-state index < -0.39 is 0 Å². The van der Waals surface area contributed by atoms with Gasteiger partial charge < -0.3 is 14.7 Å². The van der Waals surface area contributed by atoms with E-state index in [2.05, 4.69) is 23.9 Å². The molecule has 0 radical (unpaired) electrons. The highest BCUT2D eigenvalue weighted by Gasteiger charge is 2.37. The van der Waals surface area contributed by atoms with E-state index >= 15 is 0 Å². The molecule has 2 aromatic heterocycles. The molecule has 1 aliphatic heterocycles. The van der Waals surface area contributed by atoms with Crippen LogP contribution in [-0.2, 0) is 0 Å². The summed E-state index contributed by atoms with van der Waals surface area (Å²) in [5.41, 5.74) is 2.36. The molecule has 7 heteroatoms. The summed E-state index contributed by atoms with van der Waals surface area (Å²) >= 11 is 0. The van der Waals surface area contributed by atoms with Crippen molar-refractivity contribution in [1.29, 1.82) is 0 Å². The second-order valence-electron chi connectivity index (χ2n) is 7.15. The molecule has 140 valence electrons. The number of carbonyl (C=O) groups excluding carboxylic acids is 1. The minimum Gasteiger partial charge on any atom is -0.481 e. The van der Waals surface area contributed by atoms with Crippen molar-refractivity contribution < 1.29 is 14.6 Å². The van der Waals surface area contributed by atoms with Crippen LogP contribution in [0.3, 0.4) is 0 Å². The Kier molecular flexibility index (Phi) is 5.27. The van der Waals surface area contributed by atoms with Gasteiger partial charge in [0.2, 0.25) is 5.88 Å². The van der Waals surface area contributed by atoms with Gasteiger partial charge in [0.25, 0.3) is 5.91 Å². The molecule has 1 N–H and O–H groups in total. The maximum atomic E-state index is 13.0. The van der Waals surface area contributed by atoms with Crippen LogP contribution in [0, 0.1) is 12.8 Å². The third-order valence-electron chi connectivity index (χ3n) is 4.93. The van der Waals surface area contributed by atoms with E-state index in [0.717, 1.165) is 11.3 Å². The number of pyridine rings is 1. The highest BCUT2D eigenvalue weighted by atomic mass is 16.5. The van der Waals surface area contributed by atoms with Crippen LogP contribution in [0.25, 0.3) is 0 Å². The first-order chi connectivity index (χ1) is 12.4. The van der Waals surface area contributed by atoms with Crippen molar-refractivity contribution in [2.24, 2.45) is 5.92 Å². The summed E-state index contributed by atoms with van der Waals surface area (Å²) in [6, 6.07) is 3.71. The average molecular weight is 358 g/mol. The van der Waals surface area contributed by atoms with Crippen LogP contribution in [0.15, 0.2) is 24.5 Å². The zero-order valence-electron chi connectivity index (χ0n) is 15.7. The van der Waals surface area contributed by atoms with Crippen molar-refractivity contribution in [3.05, 3.63) is 41.3 Å². The lowest BCUT2D eigenvalue weighted by atomic mass is 9.92. The minimum atomic E-state index is -0.0639. The van der Waals surface area contributed by atoms with Gasteiger partial charge in [-0.15, -0.1) is 0 Å². The Morgan fingerprint density at radius 2 is 2.15 bits per heavy atom. The number of carbonyl (C=O) groups is 1. The first-order valence-corrected chi connectivity index (χ1v) is 8.89. The number of nitrogens with zero attached hydrogens (tertiary/aromatic N) is 4. The fraction of sp³-hybridized carbons (Fsp3) is 0.526. The molecule has 7 nitrogen and oxygen atoms in total. The molecule has 2 aromatic rings. The van der Waals surface area contributed by atoms with E-state index in [-0.39, 0.29) is 30.4 Å². The number of aryl methyl sites for hydroxylation is 1. The number of likely N-dealkylation sites (tertiary alicyclic amines) is 1. The molecule has 0 aliphatic carbocycles. The lowest BCUT2D eigenvalue weighted by molar-refractivity contribution is 0.0780. The topological polar surface area (TPSA) is 80.5 Å². The summed E-state index contributed by atoms with van der Waals surface area (Å²) in [4.78, 5) is 19.0. The standard InChI is InChI=1S/C19H26N4O3/c1-12(2)23-9-15(7-20-23)17-10-22(8-16(17)11-24)19(25)14-5-13(3)21-18(6-14)26-4/h5-7,9,12,16-17,24H,8,10-11H2,1-4H3/t16-,17-/m0/s1. The molecule has 0 unspecified atom stereocenters. The largest absolute Gasteiger partial charge is 0.481 e. The fourth-order valence-electron chi connectivity index (χ4n) is 3.48. The Balaban J connectivity index is 1.81. The second kappa shape index (κ2) is 7.45. The Labute approximate surface area is 153 Å². The molecule has 0 aromatic carbocycles. The van der Waals surface area contributed by atoms with Crippen LogP contribution >= 0.6 is 0 Å². The monoisotopic (exact) mass is 358 g/mol. The van der Waals surface area contributed by atoms with Crippen LogP contribution in [0.2, 0.25) is 0 Å². The van der Waals surface area contributed by atoms with Gasteiger partial charge in [-0.3, -0.25) is 9.48 Å². The maximum absolute atomic E-state index is 13.0. The van der Waals surface area contributed by atoms with E-state index in [1.807, 2.05) is 24.0 Å². The number of ether oxygens (including phenoxy) is 1. The van der Waals surface area contributed by atoms with E-state index in [9.17, 15) is 9.90 Å². The Hall–Kier alpha value is -2.41. The molecule has 1 aliphatic rings. The van der Waals surface area contributed by atoms with Gasteiger partial charge in [0.05, 0.1) is 13.3 Å². The number of hydrogen-bond donors (Lipinski definition) is 1. The normalized spacial score (nSPS) is 20.0. The van der Waals surface area contributed by atoms with Gasteiger partial charge in [-0.25, -0.2) is 4.98 Å². The number of aromatic nitrogens is 3. The molecule has 3 rings (SSSR count). The predicted molar refractivity (Wildman–Crippen MR) is 97.4 cm³/mol. The van der Waals surface area contributed by atoms with Crippen LogP contribution in [0.5, 0.6) is 5.88 Å².